The zero-order valence-electron chi connectivity index (χ0n) is 24.9. The average molecular weight is 582 g/mol. The van der Waals surface area contributed by atoms with Gasteiger partial charge in [0.2, 0.25) is 11.8 Å². The SMILES string of the molecule is CCCN(CCC)C(=O)C1=CC(C)=CC(C(N)=O)([C@H](Cc2cccc(OC(F)(F)F)c2)[C@@H](O)CNCCC(C)C)C1. The van der Waals surface area contributed by atoms with Gasteiger partial charge in [0, 0.05) is 31.1 Å². The molecule has 1 aliphatic rings. The molecule has 4 N–H and O–H groups in total. The van der Waals surface area contributed by atoms with Crippen LogP contribution in [-0.2, 0) is 16.0 Å². The zero-order valence-corrected chi connectivity index (χ0v) is 24.9. The lowest BCUT2D eigenvalue weighted by molar-refractivity contribution is -0.274. The predicted molar refractivity (Wildman–Crippen MR) is 154 cm³/mol. The molecule has 1 aromatic carbocycles. The fourth-order valence-electron chi connectivity index (χ4n) is 5.48. The highest BCUT2D eigenvalue weighted by molar-refractivity contribution is 5.96. The van der Waals surface area contributed by atoms with Crippen LogP contribution >= 0.6 is 0 Å². The van der Waals surface area contributed by atoms with Gasteiger partial charge in [-0.15, -0.1) is 13.2 Å². The van der Waals surface area contributed by atoms with E-state index in [0.29, 0.717) is 42.3 Å². The summed E-state index contributed by atoms with van der Waals surface area (Å²) in [4.78, 5) is 28.7. The molecule has 2 rings (SSSR count). The number of aliphatic hydroxyl groups excluding tert-OH is 1. The molecule has 0 radical (unpaired) electrons. The first kappa shape index (κ1) is 34.4. The Kier molecular flexibility index (Phi) is 12.9. The number of halogens is 3. The third-order valence-electron chi connectivity index (χ3n) is 7.34. The molecule has 0 heterocycles. The highest BCUT2D eigenvalue weighted by Gasteiger charge is 2.48. The molecular formula is C31H46F3N3O4. The fourth-order valence-corrected chi connectivity index (χ4v) is 5.48. The lowest BCUT2D eigenvalue weighted by atomic mass is 9.63. The minimum absolute atomic E-state index is 0.0190. The van der Waals surface area contributed by atoms with Crippen molar-refractivity contribution < 1.29 is 32.6 Å². The van der Waals surface area contributed by atoms with Gasteiger partial charge in [-0.1, -0.05) is 57.6 Å². The van der Waals surface area contributed by atoms with Crippen molar-refractivity contribution in [2.24, 2.45) is 23.0 Å². The molecule has 0 aliphatic heterocycles. The molecule has 10 heteroatoms. The Morgan fingerprint density at radius 1 is 1.20 bits per heavy atom. The second-order valence-electron chi connectivity index (χ2n) is 11.4. The summed E-state index contributed by atoms with van der Waals surface area (Å²) in [6, 6.07) is 5.50. The molecule has 2 amide bonds. The van der Waals surface area contributed by atoms with Crippen LogP contribution in [0.5, 0.6) is 5.75 Å². The Bertz CT molecular complexity index is 1080. The summed E-state index contributed by atoms with van der Waals surface area (Å²) in [6.07, 6.45) is -0.0682. The maximum absolute atomic E-state index is 13.6. The van der Waals surface area contributed by atoms with Crippen molar-refractivity contribution in [1.82, 2.24) is 10.2 Å². The Labute approximate surface area is 242 Å². The van der Waals surface area contributed by atoms with Crippen LogP contribution in [0.2, 0.25) is 0 Å². The summed E-state index contributed by atoms with van der Waals surface area (Å²) < 4.78 is 42.8. The van der Waals surface area contributed by atoms with Gasteiger partial charge in [0.25, 0.3) is 0 Å². The number of primary amides is 1. The number of carbonyl (C=O) groups is 2. The molecule has 1 aliphatic carbocycles. The minimum Gasteiger partial charge on any atom is -0.406 e. The maximum atomic E-state index is 13.6. The molecule has 1 aromatic rings. The summed E-state index contributed by atoms with van der Waals surface area (Å²) in [6.45, 7) is 11.8. The lowest BCUT2D eigenvalue weighted by Crippen LogP contribution is -2.52. The van der Waals surface area contributed by atoms with Crippen LogP contribution in [0, 0.1) is 17.3 Å². The van der Waals surface area contributed by atoms with Crippen LogP contribution in [0.4, 0.5) is 13.2 Å². The van der Waals surface area contributed by atoms with E-state index in [-0.39, 0.29) is 25.3 Å². The van der Waals surface area contributed by atoms with Crippen LogP contribution < -0.4 is 15.8 Å². The van der Waals surface area contributed by atoms with Gasteiger partial charge in [-0.3, -0.25) is 9.59 Å². The number of ether oxygens (including phenoxy) is 1. The number of alkyl halides is 3. The zero-order chi connectivity index (χ0) is 30.8. The monoisotopic (exact) mass is 581 g/mol. The van der Waals surface area contributed by atoms with E-state index in [9.17, 15) is 27.9 Å². The Morgan fingerprint density at radius 3 is 2.41 bits per heavy atom. The quantitative estimate of drug-likeness (QED) is 0.235. The highest BCUT2D eigenvalue weighted by Crippen LogP contribution is 2.44. The van der Waals surface area contributed by atoms with E-state index in [2.05, 4.69) is 23.9 Å². The van der Waals surface area contributed by atoms with Gasteiger partial charge in [0.15, 0.2) is 0 Å². The molecule has 0 fully saturated rings. The topological polar surface area (TPSA) is 105 Å². The number of rotatable bonds is 16. The smallest absolute Gasteiger partial charge is 0.406 e. The molecule has 0 saturated heterocycles. The standard InChI is InChI=1S/C31H46F3N3O4/c1-6-13-37(14-7-2)28(39)24-15-22(5)18-30(19-24,29(35)40)26(27(38)20-36-12-11-21(3)4)17-23-9-8-10-25(16-23)41-31(32,33)34/h8-10,15-16,18,21,26-27,36,38H,6-7,11-14,17,19-20H2,1-5H3,(H2,35,40)/t26-,27+,30?/m1/s1. The molecule has 41 heavy (non-hydrogen) atoms. The average Bonchev–Trinajstić information content (AvgIpc) is 2.87. The van der Waals surface area contributed by atoms with Crippen LogP contribution in [-0.4, -0.2) is 60.5 Å². The molecule has 230 valence electrons. The van der Waals surface area contributed by atoms with E-state index in [1.807, 2.05) is 13.8 Å². The van der Waals surface area contributed by atoms with Gasteiger partial charge in [0.05, 0.1) is 11.5 Å². The number of nitrogens with one attached hydrogen (secondary N) is 1. The number of aliphatic hydroxyl groups is 1. The first-order chi connectivity index (χ1) is 19.2. The predicted octanol–water partition coefficient (Wildman–Crippen LogP) is 5.14. The normalized spacial score (nSPS) is 18.9. The maximum Gasteiger partial charge on any atom is 0.573 e. The Balaban J connectivity index is 2.52. The summed E-state index contributed by atoms with van der Waals surface area (Å²) in [5.41, 5.74) is 6.14. The first-order valence-corrected chi connectivity index (χ1v) is 14.4. The van der Waals surface area contributed by atoms with E-state index in [4.69, 9.17) is 5.73 Å². The number of nitrogens with two attached hydrogens (primary N) is 1. The number of hydrogen-bond acceptors (Lipinski definition) is 5. The van der Waals surface area contributed by atoms with E-state index >= 15 is 0 Å². The molecule has 7 nitrogen and oxygen atoms in total. The Morgan fingerprint density at radius 2 is 1.85 bits per heavy atom. The molecular weight excluding hydrogens is 535 g/mol. The third-order valence-corrected chi connectivity index (χ3v) is 7.34. The van der Waals surface area contributed by atoms with Gasteiger partial charge in [-0.05, 0) is 69.2 Å². The molecule has 3 atom stereocenters. The first-order valence-electron chi connectivity index (χ1n) is 14.4. The Hall–Kier alpha value is -2.85. The lowest BCUT2D eigenvalue weighted by Gasteiger charge is -2.42. The van der Waals surface area contributed by atoms with E-state index in [1.54, 1.807) is 30.0 Å². The second-order valence-corrected chi connectivity index (χ2v) is 11.4. The number of amides is 2. The summed E-state index contributed by atoms with van der Waals surface area (Å²) in [5.74, 6) is -1.68. The number of benzene rings is 1. The van der Waals surface area contributed by atoms with Crippen molar-refractivity contribution in [2.75, 3.05) is 26.2 Å². The van der Waals surface area contributed by atoms with Gasteiger partial charge >= 0.3 is 6.36 Å². The van der Waals surface area contributed by atoms with Crippen molar-refractivity contribution in [3.63, 3.8) is 0 Å². The largest absolute Gasteiger partial charge is 0.573 e. The number of allylic oxidation sites excluding steroid dienone is 2. The van der Waals surface area contributed by atoms with Crippen molar-refractivity contribution in [1.29, 1.82) is 0 Å². The van der Waals surface area contributed by atoms with Crippen LogP contribution in [0.1, 0.15) is 65.9 Å². The van der Waals surface area contributed by atoms with Crippen molar-refractivity contribution in [2.45, 2.75) is 79.2 Å². The van der Waals surface area contributed by atoms with E-state index < -0.39 is 35.5 Å². The number of nitrogens with zero attached hydrogens (tertiary/aromatic N) is 1. The van der Waals surface area contributed by atoms with Crippen molar-refractivity contribution >= 4 is 11.8 Å². The molecule has 0 saturated carbocycles. The van der Waals surface area contributed by atoms with Gasteiger partial charge in [-0.25, -0.2) is 0 Å². The van der Waals surface area contributed by atoms with E-state index in [1.165, 1.54) is 18.2 Å². The minimum atomic E-state index is -4.86. The molecule has 1 unspecified atom stereocenters. The summed E-state index contributed by atoms with van der Waals surface area (Å²) >= 11 is 0. The van der Waals surface area contributed by atoms with E-state index in [0.717, 1.165) is 19.3 Å². The van der Waals surface area contributed by atoms with Crippen molar-refractivity contribution in [3.05, 3.63) is 53.1 Å². The number of carbonyl (C=O) groups excluding carboxylic acids is 2. The summed E-state index contributed by atoms with van der Waals surface area (Å²) in [5, 5.41) is 14.8. The molecule has 0 aromatic heterocycles. The van der Waals surface area contributed by atoms with Crippen LogP contribution in [0.25, 0.3) is 0 Å². The third kappa shape index (κ3) is 10.2. The van der Waals surface area contributed by atoms with Crippen LogP contribution in [0.15, 0.2) is 47.6 Å². The molecule has 0 spiro atoms. The van der Waals surface area contributed by atoms with Gasteiger partial charge in [0.1, 0.15) is 5.75 Å². The second kappa shape index (κ2) is 15.4. The van der Waals surface area contributed by atoms with Gasteiger partial charge < -0.3 is 25.8 Å². The highest BCUT2D eigenvalue weighted by atomic mass is 19.4. The van der Waals surface area contributed by atoms with Crippen molar-refractivity contribution in [3.8, 4) is 5.75 Å². The van der Waals surface area contributed by atoms with Gasteiger partial charge in [-0.2, -0.15) is 0 Å². The fraction of sp³-hybridized carbons (Fsp3) is 0.613. The summed E-state index contributed by atoms with van der Waals surface area (Å²) in [7, 11) is 0. The number of hydrogen-bond donors (Lipinski definition) is 3. The van der Waals surface area contributed by atoms with Crippen LogP contribution in [0.3, 0.4) is 0 Å². The molecule has 0 bridgehead atoms.